The number of carbonyl (C=O) groups excluding carboxylic acids is 1. The number of benzene rings is 2. The molecule has 8 heteroatoms. The highest BCUT2D eigenvalue weighted by molar-refractivity contribution is 7.90. The quantitative estimate of drug-likeness (QED) is 0.579. The fraction of sp³-hybridized carbons (Fsp3) is 0.350. The minimum atomic E-state index is -3.22. The van der Waals surface area contributed by atoms with E-state index in [4.69, 9.17) is 27.9 Å². The van der Waals surface area contributed by atoms with Crippen molar-refractivity contribution < 1.29 is 17.9 Å². The van der Waals surface area contributed by atoms with Crippen molar-refractivity contribution in [2.75, 3.05) is 19.4 Å². The first-order chi connectivity index (χ1) is 13.2. The number of hydrogen-bond acceptors (Lipinski definition) is 4. The van der Waals surface area contributed by atoms with Gasteiger partial charge in [-0.25, -0.2) is 8.42 Å². The molecule has 0 saturated carbocycles. The lowest BCUT2D eigenvalue weighted by Gasteiger charge is -2.16. The molecule has 2 aromatic rings. The number of halogens is 2. The van der Waals surface area contributed by atoms with Crippen LogP contribution in [0.4, 0.5) is 0 Å². The second-order valence-corrected chi connectivity index (χ2v) is 9.37. The summed E-state index contributed by atoms with van der Waals surface area (Å²) in [5.74, 6) is 0.482. The average molecular weight is 444 g/mol. The summed E-state index contributed by atoms with van der Waals surface area (Å²) < 4.78 is 28.4. The zero-order valence-corrected chi connectivity index (χ0v) is 18.1. The Kier molecular flexibility index (Phi) is 8.16. The number of carbonyl (C=O) groups is 1. The van der Waals surface area contributed by atoms with E-state index in [1.165, 1.54) is 12.1 Å². The maximum absolute atomic E-state index is 12.0. The third-order valence-electron chi connectivity index (χ3n) is 4.17. The molecule has 0 fully saturated rings. The molecule has 0 aromatic heterocycles. The van der Waals surface area contributed by atoms with Crippen molar-refractivity contribution in [3.63, 3.8) is 0 Å². The van der Waals surface area contributed by atoms with Crippen LogP contribution in [0.1, 0.15) is 31.2 Å². The molecule has 0 aliphatic rings. The summed E-state index contributed by atoms with van der Waals surface area (Å²) in [4.78, 5) is 12.3. The molecule has 0 heterocycles. The van der Waals surface area contributed by atoms with Crippen LogP contribution in [0, 0.1) is 0 Å². The van der Waals surface area contributed by atoms with Crippen LogP contribution >= 0.6 is 23.2 Å². The van der Waals surface area contributed by atoms with Gasteiger partial charge in [0.25, 0.3) is 0 Å². The zero-order chi connectivity index (χ0) is 20.7. The predicted octanol–water partition coefficient (Wildman–Crippen LogP) is 4.48. The normalized spacial score (nSPS) is 12.4. The van der Waals surface area contributed by atoms with Crippen LogP contribution < -0.4 is 10.1 Å². The van der Waals surface area contributed by atoms with E-state index in [0.717, 1.165) is 11.8 Å². The number of rotatable bonds is 9. The van der Waals surface area contributed by atoms with Gasteiger partial charge in [0.15, 0.2) is 9.84 Å². The Balaban J connectivity index is 1.71. The van der Waals surface area contributed by atoms with Gasteiger partial charge in [0, 0.05) is 35.2 Å². The Labute approximate surface area is 175 Å². The molecule has 1 amide bonds. The van der Waals surface area contributed by atoms with Crippen molar-refractivity contribution in [1.82, 2.24) is 5.32 Å². The molecule has 1 N–H and O–H groups in total. The molecule has 0 bridgehead atoms. The topological polar surface area (TPSA) is 72.5 Å². The molecule has 0 aliphatic carbocycles. The van der Waals surface area contributed by atoms with Crippen LogP contribution in [0.3, 0.4) is 0 Å². The second-order valence-electron chi connectivity index (χ2n) is 6.54. The van der Waals surface area contributed by atoms with Gasteiger partial charge in [-0.2, -0.15) is 0 Å². The lowest BCUT2D eigenvalue weighted by atomic mass is 10.0. The molecule has 1 unspecified atom stereocenters. The van der Waals surface area contributed by atoms with E-state index in [0.29, 0.717) is 41.8 Å². The van der Waals surface area contributed by atoms with E-state index < -0.39 is 9.84 Å². The van der Waals surface area contributed by atoms with Gasteiger partial charge in [0.05, 0.1) is 11.5 Å². The monoisotopic (exact) mass is 443 g/mol. The molecule has 0 radical (unpaired) electrons. The maximum atomic E-state index is 12.0. The summed E-state index contributed by atoms with van der Waals surface area (Å²) in [5.41, 5.74) is 0.826. The molecule has 2 aromatic carbocycles. The third-order valence-corrected chi connectivity index (χ3v) is 5.95. The largest absolute Gasteiger partial charge is 0.494 e. The SMILES string of the molecule is CC(CNC(=O)CCCOc1ccc(S(C)(=O)=O)cc1)c1c(Cl)cccc1Cl. The van der Waals surface area contributed by atoms with Crippen molar-refractivity contribution in [2.24, 2.45) is 0 Å². The number of nitrogens with one attached hydrogen (secondary N) is 1. The molecule has 1 atom stereocenters. The highest BCUT2D eigenvalue weighted by atomic mass is 35.5. The Bertz CT molecular complexity index is 894. The average Bonchev–Trinajstić information content (AvgIpc) is 2.63. The van der Waals surface area contributed by atoms with Crippen LogP contribution in [-0.4, -0.2) is 33.7 Å². The summed E-state index contributed by atoms with van der Waals surface area (Å²) >= 11 is 12.4. The fourth-order valence-electron chi connectivity index (χ4n) is 2.64. The van der Waals surface area contributed by atoms with Gasteiger partial charge < -0.3 is 10.1 Å². The van der Waals surface area contributed by atoms with Gasteiger partial charge in [-0.1, -0.05) is 36.2 Å². The molecule has 152 valence electrons. The summed E-state index contributed by atoms with van der Waals surface area (Å²) in [5, 5.41) is 4.05. The predicted molar refractivity (Wildman–Crippen MR) is 112 cm³/mol. The molecule has 0 spiro atoms. The first kappa shape index (κ1) is 22.5. The molecule has 2 rings (SSSR count). The van der Waals surface area contributed by atoms with E-state index in [-0.39, 0.29) is 16.7 Å². The summed E-state index contributed by atoms with van der Waals surface area (Å²) in [6.45, 7) is 2.75. The van der Waals surface area contributed by atoms with Crippen molar-refractivity contribution in [2.45, 2.75) is 30.6 Å². The van der Waals surface area contributed by atoms with Crippen LogP contribution in [0.15, 0.2) is 47.4 Å². The molecule has 28 heavy (non-hydrogen) atoms. The lowest BCUT2D eigenvalue weighted by molar-refractivity contribution is -0.121. The number of amides is 1. The van der Waals surface area contributed by atoms with Crippen molar-refractivity contribution in [3.8, 4) is 5.75 Å². The van der Waals surface area contributed by atoms with E-state index in [9.17, 15) is 13.2 Å². The number of hydrogen-bond donors (Lipinski definition) is 1. The van der Waals surface area contributed by atoms with Gasteiger partial charge in [-0.05, 0) is 48.4 Å². The first-order valence-electron chi connectivity index (χ1n) is 8.82. The highest BCUT2D eigenvalue weighted by Gasteiger charge is 2.14. The maximum Gasteiger partial charge on any atom is 0.220 e. The van der Waals surface area contributed by atoms with Crippen molar-refractivity contribution in [1.29, 1.82) is 0 Å². The van der Waals surface area contributed by atoms with Crippen LogP contribution in [-0.2, 0) is 14.6 Å². The molecular weight excluding hydrogens is 421 g/mol. The highest BCUT2D eigenvalue weighted by Crippen LogP contribution is 2.30. The standard InChI is InChI=1S/C20H23Cl2NO4S/c1-14(20-17(21)5-3-6-18(20)22)13-23-19(24)7-4-12-27-15-8-10-16(11-9-15)28(2,25)26/h3,5-6,8-11,14H,4,7,12-13H2,1-2H3,(H,23,24). The minimum Gasteiger partial charge on any atom is -0.494 e. The van der Waals surface area contributed by atoms with E-state index in [2.05, 4.69) is 5.32 Å². The Hall–Kier alpha value is -1.76. The third kappa shape index (κ3) is 6.69. The van der Waals surface area contributed by atoms with Gasteiger partial charge >= 0.3 is 0 Å². The van der Waals surface area contributed by atoms with E-state index >= 15 is 0 Å². The van der Waals surface area contributed by atoms with Gasteiger partial charge in [0.1, 0.15) is 5.75 Å². The number of sulfone groups is 1. The van der Waals surface area contributed by atoms with Gasteiger partial charge in [0.2, 0.25) is 5.91 Å². The van der Waals surface area contributed by atoms with Gasteiger partial charge in [-0.15, -0.1) is 0 Å². The summed E-state index contributed by atoms with van der Waals surface area (Å²) in [7, 11) is -3.22. The van der Waals surface area contributed by atoms with Crippen molar-refractivity contribution >= 4 is 38.9 Å². The molecule has 0 aliphatic heterocycles. The summed E-state index contributed by atoms with van der Waals surface area (Å²) in [6.07, 6.45) is 2.02. The zero-order valence-electron chi connectivity index (χ0n) is 15.7. The van der Waals surface area contributed by atoms with E-state index in [1.807, 2.05) is 6.92 Å². The Morgan fingerprint density at radius 3 is 2.29 bits per heavy atom. The minimum absolute atomic E-state index is 0.00485. The van der Waals surface area contributed by atoms with Crippen LogP contribution in [0.5, 0.6) is 5.75 Å². The molecular formula is C20H23Cl2NO4S. The molecule has 0 saturated heterocycles. The molecule has 5 nitrogen and oxygen atoms in total. The Morgan fingerprint density at radius 2 is 1.71 bits per heavy atom. The van der Waals surface area contributed by atoms with Crippen LogP contribution in [0.25, 0.3) is 0 Å². The van der Waals surface area contributed by atoms with Crippen LogP contribution in [0.2, 0.25) is 10.0 Å². The summed E-state index contributed by atoms with van der Waals surface area (Å²) in [6, 6.07) is 11.5. The van der Waals surface area contributed by atoms with Gasteiger partial charge in [-0.3, -0.25) is 4.79 Å². The van der Waals surface area contributed by atoms with Crippen molar-refractivity contribution in [3.05, 3.63) is 58.1 Å². The fourth-order valence-corrected chi connectivity index (χ4v) is 4.05. The first-order valence-corrected chi connectivity index (χ1v) is 11.5. The second kappa shape index (κ2) is 10.1. The smallest absolute Gasteiger partial charge is 0.220 e. The lowest BCUT2D eigenvalue weighted by Crippen LogP contribution is -2.27. The van der Waals surface area contributed by atoms with E-state index in [1.54, 1.807) is 30.3 Å². The Morgan fingerprint density at radius 1 is 1.11 bits per heavy atom. The number of ether oxygens (including phenoxy) is 1.